The van der Waals surface area contributed by atoms with Gasteiger partial charge in [0.05, 0.1) is 14.2 Å². The molecule has 0 unspecified atom stereocenters. The second-order valence-electron chi connectivity index (χ2n) is 5.43. The van der Waals surface area contributed by atoms with Gasteiger partial charge in [-0.1, -0.05) is 0 Å². The number of anilines is 1. The Morgan fingerprint density at radius 2 is 1.73 bits per heavy atom. The van der Waals surface area contributed by atoms with Crippen molar-refractivity contribution in [3.63, 3.8) is 0 Å². The first kappa shape index (κ1) is 19.2. The molecule has 0 spiro atoms. The van der Waals surface area contributed by atoms with Gasteiger partial charge in [-0.2, -0.15) is 0 Å². The van der Waals surface area contributed by atoms with E-state index in [0.29, 0.717) is 35.8 Å². The standard InChI is InChI=1S/C19H23N3O4/c1-5-22(6-2)19(24)15-11-13(9-10-20-15)18(23)21-14-7-8-16(25-3)17(12-14)26-4/h7-12H,5-6H2,1-4H3,(H,21,23). The third kappa shape index (κ3) is 4.30. The number of carbonyl (C=O) groups excluding carboxylic acids is 2. The van der Waals surface area contributed by atoms with Gasteiger partial charge < -0.3 is 19.7 Å². The van der Waals surface area contributed by atoms with Gasteiger partial charge in [-0.25, -0.2) is 0 Å². The molecular formula is C19H23N3O4. The highest BCUT2D eigenvalue weighted by Gasteiger charge is 2.16. The Balaban J connectivity index is 2.20. The van der Waals surface area contributed by atoms with Gasteiger partial charge in [0.2, 0.25) is 0 Å². The predicted molar refractivity (Wildman–Crippen MR) is 99.0 cm³/mol. The number of ether oxygens (including phenoxy) is 2. The summed E-state index contributed by atoms with van der Waals surface area (Å²) >= 11 is 0. The molecular weight excluding hydrogens is 334 g/mol. The van der Waals surface area contributed by atoms with Crippen molar-refractivity contribution in [1.82, 2.24) is 9.88 Å². The number of methoxy groups -OCH3 is 2. The number of carbonyl (C=O) groups is 2. The molecule has 1 aromatic heterocycles. The second-order valence-corrected chi connectivity index (χ2v) is 5.43. The third-order valence-electron chi connectivity index (χ3n) is 3.93. The molecule has 0 saturated carbocycles. The van der Waals surface area contributed by atoms with Crippen molar-refractivity contribution in [3.05, 3.63) is 47.8 Å². The minimum Gasteiger partial charge on any atom is -0.493 e. The van der Waals surface area contributed by atoms with Gasteiger partial charge in [-0.15, -0.1) is 0 Å². The first-order chi connectivity index (χ1) is 12.5. The van der Waals surface area contributed by atoms with E-state index in [4.69, 9.17) is 9.47 Å². The van der Waals surface area contributed by atoms with Crippen molar-refractivity contribution in [2.24, 2.45) is 0 Å². The second kappa shape index (κ2) is 8.84. The zero-order chi connectivity index (χ0) is 19.1. The summed E-state index contributed by atoms with van der Waals surface area (Å²) in [7, 11) is 3.07. The molecule has 1 aromatic carbocycles. The maximum Gasteiger partial charge on any atom is 0.272 e. The van der Waals surface area contributed by atoms with E-state index in [1.807, 2.05) is 13.8 Å². The number of nitrogens with zero attached hydrogens (tertiary/aromatic N) is 2. The molecule has 2 amide bonds. The van der Waals surface area contributed by atoms with Crippen LogP contribution >= 0.6 is 0 Å². The fourth-order valence-electron chi connectivity index (χ4n) is 2.48. The van der Waals surface area contributed by atoms with Crippen molar-refractivity contribution in [2.45, 2.75) is 13.8 Å². The van der Waals surface area contributed by atoms with Crippen LogP contribution in [0.2, 0.25) is 0 Å². The van der Waals surface area contributed by atoms with E-state index in [1.54, 1.807) is 36.3 Å². The largest absolute Gasteiger partial charge is 0.493 e. The normalized spacial score (nSPS) is 10.2. The molecule has 1 N–H and O–H groups in total. The fraction of sp³-hybridized carbons (Fsp3) is 0.316. The lowest BCUT2D eigenvalue weighted by atomic mass is 10.2. The molecule has 0 aliphatic heterocycles. The lowest BCUT2D eigenvalue weighted by Crippen LogP contribution is -2.31. The van der Waals surface area contributed by atoms with E-state index in [1.165, 1.54) is 19.4 Å². The summed E-state index contributed by atoms with van der Waals surface area (Å²) in [6.45, 7) is 4.96. The monoisotopic (exact) mass is 357 g/mol. The van der Waals surface area contributed by atoms with Gasteiger partial charge in [-0.3, -0.25) is 14.6 Å². The number of nitrogens with one attached hydrogen (secondary N) is 1. The minimum absolute atomic E-state index is 0.198. The number of aromatic nitrogens is 1. The third-order valence-corrected chi connectivity index (χ3v) is 3.93. The van der Waals surface area contributed by atoms with Gasteiger partial charge in [-0.05, 0) is 38.1 Å². The fourth-order valence-corrected chi connectivity index (χ4v) is 2.48. The van der Waals surface area contributed by atoms with E-state index in [0.717, 1.165) is 0 Å². The number of hydrogen-bond donors (Lipinski definition) is 1. The van der Waals surface area contributed by atoms with E-state index in [2.05, 4.69) is 10.3 Å². The summed E-state index contributed by atoms with van der Waals surface area (Å²) in [4.78, 5) is 30.7. The summed E-state index contributed by atoms with van der Waals surface area (Å²) in [5.74, 6) is 0.544. The van der Waals surface area contributed by atoms with Crippen LogP contribution in [-0.2, 0) is 0 Å². The minimum atomic E-state index is -0.340. The van der Waals surface area contributed by atoms with Crippen molar-refractivity contribution >= 4 is 17.5 Å². The average molecular weight is 357 g/mol. The summed E-state index contributed by atoms with van der Waals surface area (Å²) < 4.78 is 10.4. The van der Waals surface area contributed by atoms with Crippen LogP contribution in [0.3, 0.4) is 0 Å². The van der Waals surface area contributed by atoms with Crippen LogP contribution in [-0.4, -0.2) is 49.0 Å². The molecule has 138 valence electrons. The van der Waals surface area contributed by atoms with Gasteiger partial charge >= 0.3 is 0 Å². The molecule has 2 aromatic rings. The molecule has 26 heavy (non-hydrogen) atoms. The van der Waals surface area contributed by atoms with Crippen LogP contribution in [0.4, 0.5) is 5.69 Å². The van der Waals surface area contributed by atoms with Gasteiger partial charge in [0.15, 0.2) is 11.5 Å². The Hall–Kier alpha value is -3.09. The smallest absolute Gasteiger partial charge is 0.272 e. The number of amides is 2. The summed E-state index contributed by atoms with van der Waals surface area (Å²) in [6, 6.07) is 8.14. The molecule has 7 nitrogen and oxygen atoms in total. The Labute approximate surface area is 152 Å². The highest BCUT2D eigenvalue weighted by atomic mass is 16.5. The molecule has 0 atom stereocenters. The summed E-state index contributed by atoms with van der Waals surface area (Å²) in [5.41, 5.74) is 1.15. The first-order valence-corrected chi connectivity index (χ1v) is 8.32. The zero-order valence-electron chi connectivity index (χ0n) is 15.4. The summed E-state index contributed by atoms with van der Waals surface area (Å²) in [6.07, 6.45) is 1.46. The van der Waals surface area contributed by atoms with Crippen LogP contribution in [0.15, 0.2) is 36.5 Å². The topological polar surface area (TPSA) is 80.8 Å². The maximum atomic E-state index is 12.5. The molecule has 0 aliphatic carbocycles. The van der Waals surface area contributed by atoms with Gasteiger partial charge in [0, 0.05) is 36.6 Å². The Bertz CT molecular complexity index is 788. The number of pyridine rings is 1. The molecule has 0 fully saturated rings. The van der Waals surface area contributed by atoms with Gasteiger partial charge in [0.25, 0.3) is 11.8 Å². The van der Waals surface area contributed by atoms with E-state index >= 15 is 0 Å². The van der Waals surface area contributed by atoms with Crippen LogP contribution in [0.25, 0.3) is 0 Å². The van der Waals surface area contributed by atoms with Crippen LogP contribution < -0.4 is 14.8 Å². The van der Waals surface area contributed by atoms with Gasteiger partial charge in [0.1, 0.15) is 5.69 Å². The maximum absolute atomic E-state index is 12.5. The van der Waals surface area contributed by atoms with E-state index in [9.17, 15) is 9.59 Å². The first-order valence-electron chi connectivity index (χ1n) is 8.32. The Morgan fingerprint density at radius 1 is 1.04 bits per heavy atom. The molecule has 1 heterocycles. The van der Waals surface area contributed by atoms with Crippen molar-refractivity contribution in [1.29, 1.82) is 0 Å². The lowest BCUT2D eigenvalue weighted by molar-refractivity contribution is 0.0767. The van der Waals surface area contributed by atoms with E-state index in [-0.39, 0.29) is 17.5 Å². The summed E-state index contributed by atoms with van der Waals surface area (Å²) in [5, 5.41) is 2.78. The quantitative estimate of drug-likeness (QED) is 0.824. The highest BCUT2D eigenvalue weighted by molar-refractivity contribution is 6.05. The van der Waals surface area contributed by atoms with Crippen molar-refractivity contribution < 1.29 is 19.1 Å². The zero-order valence-corrected chi connectivity index (χ0v) is 15.4. The number of hydrogen-bond acceptors (Lipinski definition) is 5. The molecule has 0 bridgehead atoms. The highest BCUT2D eigenvalue weighted by Crippen LogP contribution is 2.29. The Morgan fingerprint density at radius 3 is 2.35 bits per heavy atom. The predicted octanol–water partition coefficient (Wildman–Crippen LogP) is 2.83. The van der Waals surface area contributed by atoms with Crippen LogP contribution in [0, 0.1) is 0 Å². The van der Waals surface area contributed by atoms with Crippen molar-refractivity contribution in [3.8, 4) is 11.5 Å². The van der Waals surface area contributed by atoms with Crippen LogP contribution in [0.1, 0.15) is 34.7 Å². The van der Waals surface area contributed by atoms with Crippen molar-refractivity contribution in [2.75, 3.05) is 32.6 Å². The molecule has 0 aliphatic rings. The van der Waals surface area contributed by atoms with Crippen LogP contribution in [0.5, 0.6) is 11.5 Å². The lowest BCUT2D eigenvalue weighted by Gasteiger charge is -2.18. The average Bonchev–Trinajstić information content (AvgIpc) is 2.68. The molecule has 2 rings (SSSR count). The number of rotatable bonds is 7. The SMILES string of the molecule is CCN(CC)C(=O)c1cc(C(=O)Nc2ccc(OC)c(OC)c2)ccn1. The molecule has 0 radical (unpaired) electrons. The molecule has 7 heteroatoms. The number of benzene rings is 1. The Kier molecular flexibility index (Phi) is 6.54. The molecule has 0 saturated heterocycles. The van der Waals surface area contributed by atoms with E-state index < -0.39 is 0 Å².